The van der Waals surface area contributed by atoms with Crippen LogP contribution in [0.2, 0.25) is 0 Å². The summed E-state index contributed by atoms with van der Waals surface area (Å²) in [5.74, 6) is 2.02. The van der Waals surface area contributed by atoms with Gasteiger partial charge in [0.2, 0.25) is 0 Å². The second kappa shape index (κ2) is 13.2. The minimum atomic E-state index is 0. The summed E-state index contributed by atoms with van der Waals surface area (Å²) in [4.78, 5) is 11.6. The molecule has 0 aliphatic carbocycles. The van der Waals surface area contributed by atoms with E-state index in [1.807, 2.05) is 30.5 Å². The number of hydrogen-bond acceptors (Lipinski definition) is 5. The van der Waals surface area contributed by atoms with Crippen LogP contribution in [0, 0.1) is 0 Å². The summed E-state index contributed by atoms with van der Waals surface area (Å²) in [6.45, 7) is 3.47. The Bertz CT molecular complexity index is 1190. The molecular formula is C24H28Cl4N4O. The molecule has 0 spiro atoms. The van der Waals surface area contributed by atoms with Gasteiger partial charge in [0, 0.05) is 59.9 Å². The van der Waals surface area contributed by atoms with E-state index < -0.39 is 0 Å². The fourth-order valence-electron chi connectivity index (χ4n) is 4.03. The van der Waals surface area contributed by atoms with Gasteiger partial charge in [0.25, 0.3) is 0 Å². The highest BCUT2D eigenvalue weighted by Gasteiger charge is 2.16. The van der Waals surface area contributed by atoms with E-state index in [4.69, 9.17) is 32.9 Å². The van der Waals surface area contributed by atoms with Crippen molar-refractivity contribution in [2.75, 3.05) is 50.4 Å². The van der Waals surface area contributed by atoms with Crippen LogP contribution in [-0.2, 0) is 0 Å². The molecule has 2 aromatic carbocycles. The molecule has 1 N–H and O–H groups in total. The average molecular weight is 530 g/mol. The summed E-state index contributed by atoms with van der Waals surface area (Å²) < 4.78 is 5.79. The molecule has 2 aromatic heterocycles. The summed E-state index contributed by atoms with van der Waals surface area (Å²) in [7, 11) is 1.70. The molecule has 2 heterocycles. The van der Waals surface area contributed by atoms with E-state index in [-0.39, 0.29) is 24.8 Å². The number of pyridine rings is 2. The molecule has 0 bridgehead atoms. The summed E-state index contributed by atoms with van der Waals surface area (Å²) >= 11 is 11.9. The van der Waals surface area contributed by atoms with Gasteiger partial charge in [-0.15, -0.1) is 48.0 Å². The van der Waals surface area contributed by atoms with Crippen molar-refractivity contribution in [3.63, 3.8) is 0 Å². The number of nitrogens with zero attached hydrogens (tertiary/aromatic N) is 3. The zero-order valence-corrected chi connectivity index (χ0v) is 21.5. The van der Waals surface area contributed by atoms with Gasteiger partial charge in [0.1, 0.15) is 5.75 Å². The quantitative estimate of drug-likeness (QED) is 0.112. The smallest absolute Gasteiger partial charge is 0.131 e. The van der Waals surface area contributed by atoms with Crippen LogP contribution in [0.5, 0.6) is 5.75 Å². The number of fused-ring (bicyclic) bond motifs is 4. The largest absolute Gasteiger partial charge is 0.496 e. The maximum absolute atomic E-state index is 5.93. The first-order valence-corrected chi connectivity index (χ1v) is 11.5. The molecule has 0 aliphatic heterocycles. The lowest BCUT2D eigenvalue weighted by Gasteiger charge is -2.21. The molecule has 4 rings (SSSR count). The SMILES string of the molecule is COc1cc2cnccc2c2nc3ccccc3c(NCCCN(CCCl)CCCl)c12.Cl.Cl. The van der Waals surface area contributed by atoms with E-state index in [9.17, 15) is 0 Å². The molecule has 4 aromatic rings. The Hall–Kier alpha value is -1.76. The van der Waals surface area contributed by atoms with Gasteiger partial charge in [-0.3, -0.25) is 4.98 Å². The fourth-order valence-corrected chi connectivity index (χ4v) is 4.51. The average Bonchev–Trinajstić information content (AvgIpc) is 2.80. The monoisotopic (exact) mass is 528 g/mol. The van der Waals surface area contributed by atoms with Gasteiger partial charge in [0.05, 0.1) is 29.2 Å². The first-order valence-electron chi connectivity index (χ1n) is 10.5. The van der Waals surface area contributed by atoms with Crippen LogP contribution >= 0.6 is 48.0 Å². The van der Waals surface area contributed by atoms with E-state index in [0.29, 0.717) is 11.8 Å². The van der Waals surface area contributed by atoms with Crippen LogP contribution in [-0.4, -0.2) is 59.9 Å². The van der Waals surface area contributed by atoms with E-state index in [1.54, 1.807) is 13.3 Å². The Kier molecular flexibility index (Phi) is 11.0. The normalized spacial score (nSPS) is 10.9. The van der Waals surface area contributed by atoms with Gasteiger partial charge in [-0.05, 0) is 31.2 Å². The number of nitrogens with one attached hydrogen (secondary N) is 1. The van der Waals surface area contributed by atoms with Gasteiger partial charge in [-0.1, -0.05) is 18.2 Å². The van der Waals surface area contributed by atoms with Gasteiger partial charge < -0.3 is 15.0 Å². The fraction of sp³-hybridized carbons (Fsp3) is 0.333. The number of rotatable bonds is 10. The number of ether oxygens (including phenoxy) is 1. The van der Waals surface area contributed by atoms with Crippen LogP contribution in [0.1, 0.15) is 6.42 Å². The Morgan fingerprint density at radius 1 is 1.00 bits per heavy atom. The first kappa shape index (κ1) is 27.5. The van der Waals surface area contributed by atoms with Gasteiger partial charge in [0.15, 0.2) is 0 Å². The van der Waals surface area contributed by atoms with Gasteiger partial charge in [-0.2, -0.15) is 0 Å². The van der Waals surface area contributed by atoms with E-state index in [1.165, 1.54) is 0 Å². The first-order chi connectivity index (χ1) is 15.3. The highest BCUT2D eigenvalue weighted by Crippen LogP contribution is 2.40. The molecule has 0 aliphatic rings. The number of para-hydroxylation sites is 1. The third kappa shape index (κ3) is 6.03. The number of methoxy groups -OCH3 is 1. The zero-order valence-electron chi connectivity index (χ0n) is 18.4. The van der Waals surface area contributed by atoms with E-state index >= 15 is 0 Å². The maximum atomic E-state index is 5.93. The third-order valence-electron chi connectivity index (χ3n) is 5.51. The Morgan fingerprint density at radius 3 is 2.48 bits per heavy atom. The minimum Gasteiger partial charge on any atom is -0.496 e. The second-order valence-electron chi connectivity index (χ2n) is 7.40. The predicted octanol–water partition coefficient (Wildman–Crippen LogP) is 6.37. The van der Waals surface area contributed by atoms with Crippen LogP contribution in [0.4, 0.5) is 5.69 Å². The van der Waals surface area contributed by atoms with Crippen LogP contribution in [0.15, 0.2) is 48.8 Å². The Morgan fingerprint density at radius 2 is 1.76 bits per heavy atom. The molecule has 178 valence electrons. The van der Waals surface area contributed by atoms with Crippen LogP contribution in [0.3, 0.4) is 0 Å². The molecule has 0 saturated carbocycles. The second-order valence-corrected chi connectivity index (χ2v) is 8.16. The van der Waals surface area contributed by atoms with Crippen molar-refractivity contribution in [3.8, 4) is 5.75 Å². The molecule has 0 fully saturated rings. The molecule has 5 nitrogen and oxygen atoms in total. The van der Waals surface area contributed by atoms with Crippen LogP contribution in [0.25, 0.3) is 32.6 Å². The highest BCUT2D eigenvalue weighted by molar-refractivity contribution is 6.19. The summed E-state index contributed by atoms with van der Waals surface area (Å²) in [6.07, 6.45) is 4.63. The molecule has 0 radical (unpaired) electrons. The number of anilines is 1. The van der Waals surface area contributed by atoms with Gasteiger partial charge in [-0.25, -0.2) is 4.98 Å². The molecule has 0 saturated heterocycles. The minimum absolute atomic E-state index is 0. The van der Waals surface area contributed by atoms with Crippen molar-refractivity contribution in [2.24, 2.45) is 0 Å². The standard InChI is InChI=1S/C24H26Cl2N4O.2ClH/c1-31-21-15-17-16-27-11-7-18(17)24-22(21)23(19-5-2-3-6-20(19)29-24)28-10-4-12-30(13-8-25)14-9-26;;/h2-3,5-7,11,15-16H,4,8-10,12-14H2,1H3,(H,28,29);2*1H. The molecule has 0 unspecified atom stereocenters. The highest BCUT2D eigenvalue weighted by atomic mass is 35.5. The van der Waals surface area contributed by atoms with E-state index in [2.05, 4.69) is 27.3 Å². The lowest BCUT2D eigenvalue weighted by atomic mass is 10.0. The topological polar surface area (TPSA) is 50.3 Å². The zero-order chi connectivity index (χ0) is 21.6. The molecule has 0 amide bonds. The molecule has 9 heteroatoms. The van der Waals surface area contributed by atoms with Crippen LogP contribution < -0.4 is 10.1 Å². The number of benzene rings is 2. The predicted molar refractivity (Wildman–Crippen MR) is 147 cm³/mol. The number of alkyl halides is 2. The third-order valence-corrected chi connectivity index (χ3v) is 5.84. The molecule has 33 heavy (non-hydrogen) atoms. The Labute approximate surface area is 216 Å². The van der Waals surface area contributed by atoms with E-state index in [0.717, 1.165) is 76.6 Å². The summed E-state index contributed by atoms with van der Waals surface area (Å²) in [5.41, 5.74) is 2.93. The van der Waals surface area contributed by atoms with Crippen molar-refractivity contribution >= 4 is 86.3 Å². The molecule has 0 atom stereocenters. The summed E-state index contributed by atoms with van der Waals surface area (Å²) in [6, 6.07) is 12.3. The molecular weight excluding hydrogens is 502 g/mol. The summed E-state index contributed by atoms with van der Waals surface area (Å²) in [5, 5.41) is 7.84. The number of halogens is 4. The lowest BCUT2D eigenvalue weighted by Crippen LogP contribution is -2.30. The van der Waals surface area contributed by atoms with Gasteiger partial charge >= 0.3 is 0 Å². The number of aromatic nitrogens is 2. The number of hydrogen-bond donors (Lipinski definition) is 1. The van der Waals surface area contributed by atoms with Crippen molar-refractivity contribution in [1.29, 1.82) is 0 Å². The lowest BCUT2D eigenvalue weighted by molar-refractivity contribution is 0.306. The van der Waals surface area contributed by atoms with Crippen molar-refractivity contribution in [3.05, 3.63) is 48.8 Å². The van der Waals surface area contributed by atoms with Crippen molar-refractivity contribution < 1.29 is 4.74 Å². The van der Waals surface area contributed by atoms with Crippen molar-refractivity contribution in [2.45, 2.75) is 6.42 Å². The van der Waals surface area contributed by atoms with Crippen molar-refractivity contribution in [1.82, 2.24) is 14.9 Å². The Balaban J connectivity index is 0.00000193. The maximum Gasteiger partial charge on any atom is 0.131 e.